The normalized spacial score (nSPS) is 13.5. The predicted molar refractivity (Wildman–Crippen MR) is 102 cm³/mol. The molecule has 1 aliphatic carbocycles. The first kappa shape index (κ1) is 19.1. The van der Waals surface area contributed by atoms with Crippen LogP contribution in [0, 0.1) is 0 Å². The van der Waals surface area contributed by atoms with Gasteiger partial charge in [-0.2, -0.15) is 0 Å². The fourth-order valence-electron chi connectivity index (χ4n) is 3.15. The van der Waals surface area contributed by atoms with Crippen molar-refractivity contribution in [3.05, 3.63) is 59.2 Å². The number of aryl methyl sites for hydroxylation is 2. The van der Waals surface area contributed by atoms with Crippen molar-refractivity contribution in [3.63, 3.8) is 0 Å². The van der Waals surface area contributed by atoms with E-state index in [1.54, 1.807) is 18.2 Å². The maximum Gasteiger partial charge on any atom is 0.338 e. The van der Waals surface area contributed by atoms with Crippen LogP contribution in [0.3, 0.4) is 0 Å². The number of esters is 1. The molecule has 0 fully saturated rings. The average molecular weight is 387 g/mol. The molecule has 3 rings (SSSR count). The molecule has 0 aliphatic heterocycles. The quantitative estimate of drug-likeness (QED) is 0.797. The maximum absolute atomic E-state index is 12.2. The number of sulfone groups is 1. The number of amides is 1. The highest BCUT2D eigenvalue weighted by Gasteiger charge is 2.17. The van der Waals surface area contributed by atoms with Gasteiger partial charge in [0, 0.05) is 6.26 Å². The first-order chi connectivity index (χ1) is 12.8. The molecule has 0 unspecified atom stereocenters. The van der Waals surface area contributed by atoms with Crippen molar-refractivity contribution >= 4 is 27.4 Å². The third-order valence-electron chi connectivity index (χ3n) is 4.48. The van der Waals surface area contributed by atoms with Gasteiger partial charge in [-0.05, 0) is 61.1 Å². The smallest absolute Gasteiger partial charge is 0.338 e. The Kier molecular flexibility index (Phi) is 5.60. The number of ether oxygens (including phenoxy) is 1. The van der Waals surface area contributed by atoms with Crippen LogP contribution in [0.15, 0.2) is 47.4 Å². The molecular weight excluding hydrogens is 366 g/mol. The van der Waals surface area contributed by atoms with Crippen molar-refractivity contribution in [3.8, 4) is 0 Å². The van der Waals surface area contributed by atoms with E-state index in [4.69, 9.17) is 4.74 Å². The Hall–Kier alpha value is -2.67. The number of carbonyl (C=O) groups is 2. The van der Waals surface area contributed by atoms with Gasteiger partial charge in [-0.25, -0.2) is 13.2 Å². The molecule has 2 aromatic rings. The lowest BCUT2D eigenvalue weighted by molar-refractivity contribution is -0.119. The zero-order chi connectivity index (χ0) is 19.4. The Morgan fingerprint density at radius 2 is 1.74 bits per heavy atom. The third kappa shape index (κ3) is 4.74. The summed E-state index contributed by atoms with van der Waals surface area (Å²) in [5, 5.41) is 2.48. The number of nitrogens with one attached hydrogen (secondary N) is 1. The van der Waals surface area contributed by atoms with Gasteiger partial charge in [-0.3, -0.25) is 4.79 Å². The number of hydrogen-bond acceptors (Lipinski definition) is 5. The van der Waals surface area contributed by atoms with E-state index in [9.17, 15) is 18.0 Å². The molecule has 27 heavy (non-hydrogen) atoms. The van der Waals surface area contributed by atoms with Crippen molar-refractivity contribution in [2.75, 3.05) is 18.2 Å². The summed E-state index contributed by atoms with van der Waals surface area (Å²) in [6.45, 7) is -0.492. The van der Waals surface area contributed by atoms with Crippen LogP contribution in [0.25, 0.3) is 0 Å². The van der Waals surface area contributed by atoms with Crippen LogP contribution in [0.5, 0.6) is 0 Å². The second-order valence-electron chi connectivity index (χ2n) is 6.58. The standard InChI is InChI=1S/C20H21NO5S/c1-27(24,25)18-9-5-4-8-17(18)21-19(22)13-26-20(23)16-11-10-14-6-2-3-7-15(14)12-16/h4-5,8-12H,2-3,6-7,13H2,1H3,(H,21,22). The van der Waals surface area contributed by atoms with Gasteiger partial charge in [-0.1, -0.05) is 18.2 Å². The Morgan fingerprint density at radius 1 is 1.04 bits per heavy atom. The summed E-state index contributed by atoms with van der Waals surface area (Å²) in [4.78, 5) is 24.3. The summed E-state index contributed by atoms with van der Waals surface area (Å²) in [5.74, 6) is -1.17. The number of benzene rings is 2. The Bertz CT molecular complexity index is 982. The van der Waals surface area contributed by atoms with E-state index in [0.29, 0.717) is 5.56 Å². The van der Waals surface area contributed by atoms with Crippen molar-refractivity contribution in [2.24, 2.45) is 0 Å². The highest BCUT2D eigenvalue weighted by molar-refractivity contribution is 7.90. The van der Waals surface area contributed by atoms with Crippen LogP contribution in [0.1, 0.15) is 34.3 Å². The third-order valence-corrected chi connectivity index (χ3v) is 5.63. The molecule has 142 valence electrons. The highest BCUT2D eigenvalue weighted by Crippen LogP contribution is 2.23. The number of hydrogen-bond donors (Lipinski definition) is 1. The van der Waals surface area contributed by atoms with Crippen molar-refractivity contribution in [1.29, 1.82) is 0 Å². The first-order valence-electron chi connectivity index (χ1n) is 8.72. The highest BCUT2D eigenvalue weighted by atomic mass is 32.2. The van der Waals surface area contributed by atoms with Gasteiger partial charge in [0.2, 0.25) is 0 Å². The predicted octanol–water partition coefficient (Wildman–Crippen LogP) is 2.76. The minimum absolute atomic E-state index is 0.0133. The van der Waals surface area contributed by atoms with Crippen LogP contribution < -0.4 is 5.32 Å². The molecule has 0 radical (unpaired) electrons. The van der Waals surface area contributed by atoms with E-state index in [0.717, 1.165) is 37.5 Å². The summed E-state index contributed by atoms with van der Waals surface area (Å²) in [6, 6.07) is 11.6. The summed E-state index contributed by atoms with van der Waals surface area (Å²) in [5.41, 5.74) is 2.99. The van der Waals surface area contributed by atoms with Gasteiger partial charge in [-0.15, -0.1) is 0 Å². The molecule has 0 spiro atoms. The van der Waals surface area contributed by atoms with E-state index >= 15 is 0 Å². The molecule has 1 N–H and O–H groups in total. The second-order valence-corrected chi connectivity index (χ2v) is 8.57. The monoisotopic (exact) mass is 387 g/mol. The lowest BCUT2D eigenvalue weighted by atomic mass is 9.90. The van der Waals surface area contributed by atoms with E-state index in [-0.39, 0.29) is 10.6 Å². The van der Waals surface area contributed by atoms with Gasteiger partial charge in [0.15, 0.2) is 16.4 Å². The molecular formula is C20H21NO5S. The van der Waals surface area contributed by atoms with Crippen LogP contribution in [-0.2, 0) is 32.2 Å². The summed E-state index contributed by atoms with van der Waals surface area (Å²) >= 11 is 0. The molecule has 2 aromatic carbocycles. The summed E-state index contributed by atoms with van der Waals surface area (Å²) in [7, 11) is -3.48. The minimum atomic E-state index is -3.48. The Morgan fingerprint density at radius 3 is 2.48 bits per heavy atom. The molecule has 0 heterocycles. The molecule has 0 aromatic heterocycles. The van der Waals surface area contributed by atoms with Crippen LogP contribution >= 0.6 is 0 Å². The van der Waals surface area contributed by atoms with Crippen LogP contribution in [0.4, 0.5) is 5.69 Å². The fourth-order valence-corrected chi connectivity index (χ4v) is 4.00. The van der Waals surface area contributed by atoms with E-state index in [1.165, 1.54) is 17.7 Å². The van der Waals surface area contributed by atoms with Gasteiger partial charge < -0.3 is 10.1 Å². The zero-order valence-electron chi connectivity index (χ0n) is 15.0. The first-order valence-corrected chi connectivity index (χ1v) is 10.6. The Labute approximate surface area is 158 Å². The lowest BCUT2D eigenvalue weighted by Crippen LogP contribution is -2.22. The Balaban J connectivity index is 1.62. The molecule has 1 aliphatic rings. The van der Waals surface area contributed by atoms with Crippen LogP contribution in [-0.4, -0.2) is 33.2 Å². The number of anilines is 1. The number of fused-ring (bicyclic) bond motifs is 1. The summed E-state index contributed by atoms with van der Waals surface area (Å²) in [6.07, 6.45) is 5.29. The van der Waals surface area contributed by atoms with Crippen molar-refractivity contribution < 1.29 is 22.7 Å². The number of para-hydroxylation sites is 1. The van der Waals surface area contributed by atoms with Gasteiger partial charge >= 0.3 is 5.97 Å². The number of carbonyl (C=O) groups excluding carboxylic acids is 2. The minimum Gasteiger partial charge on any atom is -0.452 e. The second kappa shape index (κ2) is 7.92. The molecule has 0 saturated carbocycles. The van der Waals surface area contributed by atoms with Crippen LogP contribution in [0.2, 0.25) is 0 Å². The largest absolute Gasteiger partial charge is 0.452 e. The number of rotatable bonds is 5. The molecule has 0 atom stereocenters. The van der Waals surface area contributed by atoms with Crippen molar-refractivity contribution in [2.45, 2.75) is 30.6 Å². The molecule has 0 bridgehead atoms. The van der Waals surface area contributed by atoms with E-state index in [2.05, 4.69) is 5.32 Å². The molecule has 6 nitrogen and oxygen atoms in total. The zero-order valence-corrected chi connectivity index (χ0v) is 15.8. The maximum atomic E-state index is 12.2. The molecule has 7 heteroatoms. The topological polar surface area (TPSA) is 89.5 Å². The van der Waals surface area contributed by atoms with Gasteiger partial charge in [0.1, 0.15) is 0 Å². The SMILES string of the molecule is CS(=O)(=O)c1ccccc1NC(=O)COC(=O)c1ccc2c(c1)CCCC2. The summed E-state index contributed by atoms with van der Waals surface area (Å²) < 4.78 is 28.6. The van der Waals surface area contributed by atoms with Gasteiger partial charge in [0.25, 0.3) is 5.91 Å². The molecule has 1 amide bonds. The van der Waals surface area contributed by atoms with Crippen molar-refractivity contribution in [1.82, 2.24) is 0 Å². The average Bonchev–Trinajstić information content (AvgIpc) is 2.65. The lowest BCUT2D eigenvalue weighted by Gasteiger charge is -2.16. The molecule has 0 saturated heterocycles. The van der Waals surface area contributed by atoms with Gasteiger partial charge in [0.05, 0.1) is 16.1 Å². The van der Waals surface area contributed by atoms with E-state index in [1.807, 2.05) is 12.1 Å². The van der Waals surface area contributed by atoms with E-state index < -0.39 is 28.3 Å². The fraction of sp³-hybridized carbons (Fsp3) is 0.300.